The van der Waals surface area contributed by atoms with E-state index in [4.69, 9.17) is 17.2 Å². The molecule has 2 aromatic rings. The molecule has 20 heavy (non-hydrogen) atoms. The van der Waals surface area contributed by atoms with Crippen molar-refractivity contribution in [2.45, 2.75) is 13.5 Å². The van der Waals surface area contributed by atoms with Crippen molar-refractivity contribution < 1.29 is 0 Å². The maximum absolute atomic E-state index is 12.0. The second-order valence-corrected chi connectivity index (χ2v) is 4.04. The molecular weight excluding hydrogens is 258 g/mol. The Labute approximate surface area is 114 Å². The highest BCUT2D eigenvalue weighted by Crippen LogP contribution is 2.17. The van der Waals surface area contributed by atoms with Crippen LogP contribution in [0.5, 0.6) is 0 Å². The van der Waals surface area contributed by atoms with E-state index < -0.39 is 0 Å². The number of aliphatic imine (C=N–C) groups is 2. The molecule has 1 heterocycles. The van der Waals surface area contributed by atoms with Crippen molar-refractivity contribution in [3.8, 4) is 0 Å². The van der Waals surface area contributed by atoms with Crippen LogP contribution in [0.1, 0.15) is 6.92 Å². The van der Waals surface area contributed by atoms with Gasteiger partial charge in [0.2, 0.25) is 5.96 Å². The number of aryl methyl sites for hydroxylation is 1. The van der Waals surface area contributed by atoms with Crippen LogP contribution in [0.4, 0.5) is 5.69 Å². The van der Waals surface area contributed by atoms with E-state index in [1.54, 1.807) is 18.2 Å². The molecule has 0 amide bonds. The van der Waals surface area contributed by atoms with E-state index in [2.05, 4.69) is 15.0 Å². The van der Waals surface area contributed by atoms with Crippen LogP contribution in [0.3, 0.4) is 0 Å². The minimum absolute atomic E-state index is 0.0637. The SMILES string of the molecule is CCn1cnc2cc(N=C(N)N=C(N)N)ccc2c1=O. The van der Waals surface area contributed by atoms with Gasteiger partial charge in [0.15, 0.2) is 5.96 Å². The molecule has 8 heteroatoms. The molecule has 104 valence electrons. The molecule has 0 spiro atoms. The predicted octanol–water partition coefficient (Wildman–Crippen LogP) is -0.364. The van der Waals surface area contributed by atoms with Crippen LogP contribution in [-0.4, -0.2) is 21.5 Å². The first-order chi connectivity index (χ1) is 9.51. The van der Waals surface area contributed by atoms with Gasteiger partial charge in [-0.3, -0.25) is 9.36 Å². The van der Waals surface area contributed by atoms with Gasteiger partial charge in [-0.2, -0.15) is 4.99 Å². The first kappa shape index (κ1) is 13.5. The molecule has 0 fully saturated rings. The molecule has 1 aromatic heterocycles. The summed E-state index contributed by atoms with van der Waals surface area (Å²) in [5, 5.41) is 0.522. The Bertz CT molecular complexity index is 756. The van der Waals surface area contributed by atoms with Gasteiger partial charge in [-0.1, -0.05) is 0 Å². The average molecular weight is 273 g/mol. The van der Waals surface area contributed by atoms with Gasteiger partial charge in [0, 0.05) is 6.54 Å². The third-order valence-electron chi connectivity index (χ3n) is 2.64. The van der Waals surface area contributed by atoms with Crippen LogP contribution in [0.15, 0.2) is 39.3 Å². The average Bonchev–Trinajstić information content (AvgIpc) is 2.38. The maximum Gasteiger partial charge on any atom is 0.261 e. The second kappa shape index (κ2) is 5.39. The van der Waals surface area contributed by atoms with Crippen molar-refractivity contribution >= 4 is 28.5 Å². The zero-order valence-electron chi connectivity index (χ0n) is 10.9. The van der Waals surface area contributed by atoms with Crippen LogP contribution in [0.2, 0.25) is 0 Å². The van der Waals surface area contributed by atoms with Crippen molar-refractivity contribution in [3.05, 3.63) is 34.9 Å². The molecule has 8 nitrogen and oxygen atoms in total. The van der Waals surface area contributed by atoms with Crippen molar-refractivity contribution in [1.82, 2.24) is 9.55 Å². The zero-order chi connectivity index (χ0) is 14.7. The Balaban J connectivity index is 2.51. The molecule has 0 aliphatic heterocycles. The van der Waals surface area contributed by atoms with E-state index in [1.165, 1.54) is 10.9 Å². The summed E-state index contributed by atoms with van der Waals surface area (Å²) in [6, 6.07) is 4.95. The third kappa shape index (κ3) is 2.74. The summed E-state index contributed by atoms with van der Waals surface area (Å²) in [4.78, 5) is 23.9. The lowest BCUT2D eigenvalue weighted by atomic mass is 10.2. The van der Waals surface area contributed by atoms with Gasteiger partial charge in [-0.05, 0) is 25.1 Å². The molecule has 6 N–H and O–H groups in total. The summed E-state index contributed by atoms with van der Waals surface area (Å²) in [6.45, 7) is 2.45. The lowest BCUT2D eigenvalue weighted by Gasteiger charge is -2.03. The van der Waals surface area contributed by atoms with Gasteiger partial charge in [0.05, 0.1) is 22.9 Å². The number of nitrogens with zero attached hydrogens (tertiary/aromatic N) is 4. The fourth-order valence-corrected chi connectivity index (χ4v) is 1.73. The van der Waals surface area contributed by atoms with Gasteiger partial charge >= 0.3 is 0 Å². The second-order valence-electron chi connectivity index (χ2n) is 4.04. The Morgan fingerprint density at radius 2 is 2.10 bits per heavy atom. The van der Waals surface area contributed by atoms with E-state index in [0.29, 0.717) is 23.1 Å². The maximum atomic E-state index is 12.0. The quantitative estimate of drug-likeness (QED) is 0.506. The summed E-state index contributed by atoms with van der Waals surface area (Å²) in [5.74, 6) is -0.234. The Morgan fingerprint density at radius 1 is 1.35 bits per heavy atom. The Kier molecular flexibility index (Phi) is 3.65. The molecule has 0 saturated carbocycles. The van der Waals surface area contributed by atoms with E-state index in [9.17, 15) is 4.79 Å². The zero-order valence-corrected chi connectivity index (χ0v) is 10.9. The predicted molar refractivity (Wildman–Crippen MR) is 78.8 cm³/mol. The monoisotopic (exact) mass is 273 g/mol. The minimum Gasteiger partial charge on any atom is -0.370 e. The van der Waals surface area contributed by atoms with E-state index in [-0.39, 0.29) is 17.5 Å². The van der Waals surface area contributed by atoms with Crippen LogP contribution in [0.25, 0.3) is 10.9 Å². The largest absolute Gasteiger partial charge is 0.370 e. The third-order valence-corrected chi connectivity index (χ3v) is 2.64. The van der Waals surface area contributed by atoms with Crippen LogP contribution in [0, 0.1) is 0 Å². The van der Waals surface area contributed by atoms with E-state index in [0.717, 1.165) is 0 Å². The Hall–Kier alpha value is -2.90. The summed E-state index contributed by atoms with van der Waals surface area (Å²) in [5.41, 5.74) is 16.9. The molecule has 0 radical (unpaired) electrons. The number of aromatic nitrogens is 2. The first-order valence-electron chi connectivity index (χ1n) is 5.94. The van der Waals surface area contributed by atoms with Crippen LogP contribution >= 0.6 is 0 Å². The number of rotatable bonds is 2. The van der Waals surface area contributed by atoms with E-state index >= 15 is 0 Å². The van der Waals surface area contributed by atoms with Crippen LogP contribution < -0.4 is 22.8 Å². The molecule has 0 aliphatic rings. The molecule has 2 rings (SSSR count). The summed E-state index contributed by atoms with van der Waals surface area (Å²) >= 11 is 0. The van der Waals surface area contributed by atoms with Crippen molar-refractivity contribution in [2.75, 3.05) is 0 Å². The fraction of sp³-hybridized carbons (Fsp3) is 0.167. The molecule has 0 bridgehead atoms. The van der Waals surface area contributed by atoms with Crippen molar-refractivity contribution in [1.29, 1.82) is 0 Å². The van der Waals surface area contributed by atoms with Gasteiger partial charge in [0.25, 0.3) is 5.56 Å². The lowest BCUT2D eigenvalue weighted by molar-refractivity contribution is 0.717. The molecule has 0 atom stereocenters. The molecule has 1 aromatic carbocycles. The summed E-state index contributed by atoms with van der Waals surface area (Å²) in [6.07, 6.45) is 1.50. The molecule has 0 unspecified atom stereocenters. The topological polar surface area (TPSA) is 138 Å². The number of hydrogen-bond donors (Lipinski definition) is 3. The molecule has 0 saturated heterocycles. The highest BCUT2D eigenvalue weighted by molar-refractivity contribution is 5.94. The Morgan fingerprint density at radius 3 is 2.75 bits per heavy atom. The van der Waals surface area contributed by atoms with Crippen molar-refractivity contribution in [2.24, 2.45) is 27.2 Å². The smallest absolute Gasteiger partial charge is 0.261 e. The van der Waals surface area contributed by atoms with Gasteiger partial charge in [0.1, 0.15) is 0 Å². The molecule has 0 aliphatic carbocycles. The van der Waals surface area contributed by atoms with Crippen LogP contribution in [-0.2, 0) is 6.54 Å². The fourth-order valence-electron chi connectivity index (χ4n) is 1.73. The van der Waals surface area contributed by atoms with Gasteiger partial charge in [-0.25, -0.2) is 9.98 Å². The van der Waals surface area contributed by atoms with E-state index in [1.807, 2.05) is 6.92 Å². The van der Waals surface area contributed by atoms with Crippen molar-refractivity contribution in [3.63, 3.8) is 0 Å². The normalized spacial score (nSPS) is 11.6. The standard InChI is InChI=1S/C12H15N7O/c1-2-19-6-16-9-5-7(3-4-8(9)10(19)20)17-12(15)18-11(13)14/h3-6H,2H2,1H3,(H6,13,14,15,17,18). The van der Waals surface area contributed by atoms with Gasteiger partial charge < -0.3 is 17.2 Å². The lowest BCUT2D eigenvalue weighted by Crippen LogP contribution is -2.26. The number of benzene rings is 1. The highest BCUT2D eigenvalue weighted by atomic mass is 16.1. The number of hydrogen-bond acceptors (Lipinski definition) is 3. The summed E-state index contributed by atoms with van der Waals surface area (Å²) < 4.78 is 1.53. The highest BCUT2D eigenvalue weighted by Gasteiger charge is 2.04. The number of fused-ring (bicyclic) bond motifs is 1. The number of nitrogens with two attached hydrogens (primary N) is 3. The molecular formula is C12H15N7O. The van der Waals surface area contributed by atoms with Gasteiger partial charge in [-0.15, -0.1) is 0 Å². The summed E-state index contributed by atoms with van der Waals surface area (Å²) in [7, 11) is 0. The minimum atomic E-state index is -0.170. The number of guanidine groups is 2. The first-order valence-corrected chi connectivity index (χ1v) is 5.94.